The molecule has 1 saturated carbocycles. The Hall–Kier alpha value is -1.24. The largest absolute Gasteiger partial charge is 0.389 e. The molecular weight excluding hydrogens is 290 g/mol. The Balaban J connectivity index is 1.52. The standard InChI is InChI=1S/C17H29N5O/c1-20-7-9-22(10-8-20)16-18-11-15(12-19-16)13-21(2)14-17(23)5-3-4-6-17/h11-12,23H,3-10,13-14H2,1-2H3. The van der Waals surface area contributed by atoms with E-state index in [1.807, 2.05) is 12.4 Å². The molecule has 0 unspecified atom stereocenters. The third kappa shape index (κ3) is 4.40. The van der Waals surface area contributed by atoms with Crippen molar-refractivity contribution in [3.05, 3.63) is 18.0 Å². The van der Waals surface area contributed by atoms with Gasteiger partial charge in [0.05, 0.1) is 5.60 Å². The van der Waals surface area contributed by atoms with Crippen LogP contribution in [0.4, 0.5) is 5.95 Å². The van der Waals surface area contributed by atoms with Crippen molar-refractivity contribution < 1.29 is 5.11 Å². The molecule has 0 atom stereocenters. The lowest BCUT2D eigenvalue weighted by molar-refractivity contribution is 0.0145. The lowest BCUT2D eigenvalue weighted by Crippen LogP contribution is -2.45. The SMILES string of the molecule is CN1CCN(c2ncc(CN(C)CC3(O)CCCC3)cn2)CC1. The van der Waals surface area contributed by atoms with Crippen molar-refractivity contribution >= 4 is 5.95 Å². The molecule has 6 heteroatoms. The van der Waals surface area contributed by atoms with Gasteiger partial charge in [0.1, 0.15) is 0 Å². The van der Waals surface area contributed by atoms with Crippen LogP contribution in [0.2, 0.25) is 0 Å². The summed E-state index contributed by atoms with van der Waals surface area (Å²) in [5.41, 5.74) is 0.613. The second-order valence-corrected chi connectivity index (χ2v) is 7.29. The molecule has 1 aliphatic heterocycles. The number of piperazine rings is 1. The summed E-state index contributed by atoms with van der Waals surface area (Å²) in [6.45, 7) is 5.61. The summed E-state index contributed by atoms with van der Waals surface area (Å²) in [6.07, 6.45) is 8.00. The van der Waals surface area contributed by atoms with Crippen LogP contribution in [0.25, 0.3) is 0 Å². The van der Waals surface area contributed by atoms with Gasteiger partial charge in [-0.05, 0) is 26.9 Å². The minimum atomic E-state index is -0.491. The molecule has 1 aliphatic carbocycles. The molecule has 6 nitrogen and oxygen atoms in total. The minimum Gasteiger partial charge on any atom is -0.389 e. The Labute approximate surface area is 139 Å². The highest BCUT2D eigenvalue weighted by Crippen LogP contribution is 2.30. The lowest BCUT2D eigenvalue weighted by Gasteiger charge is -2.32. The first kappa shape index (κ1) is 16.6. The van der Waals surface area contributed by atoms with Gasteiger partial charge in [0.25, 0.3) is 0 Å². The van der Waals surface area contributed by atoms with E-state index >= 15 is 0 Å². The molecular formula is C17H29N5O. The summed E-state index contributed by atoms with van der Waals surface area (Å²) < 4.78 is 0. The predicted octanol–water partition coefficient (Wildman–Crippen LogP) is 0.965. The van der Waals surface area contributed by atoms with Crippen LogP contribution in [-0.2, 0) is 6.54 Å². The molecule has 0 bridgehead atoms. The van der Waals surface area contributed by atoms with E-state index in [0.29, 0.717) is 0 Å². The number of likely N-dealkylation sites (N-methyl/N-ethyl adjacent to an activating group) is 2. The first-order chi connectivity index (χ1) is 11.0. The molecule has 0 radical (unpaired) electrons. The van der Waals surface area contributed by atoms with Gasteiger partial charge < -0.3 is 14.9 Å². The van der Waals surface area contributed by atoms with Crippen molar-refractivity contribution in [3.63, 3.8) is 0 Å². The molecule has 1 aromatic heterocycles. The third-order valence-corrected chi connectivity index (χ3v) is 5.03. The van der Waals surface area contributed by atoms with Crippen LogP contribution in [0.1, 0.15) is 31.2 Å². The van der Waals surface area contributed by atoms with Crippen molar-refractivity contribution in [1.29, 1.82) is 0 Å². The quantitative estimate of drug-likeness (QED) is 0.873. The van der Waals surface area contributed by atoms with Gasteiger partial charge in [-0.3, -0.25) is 4.90 Å². The van der Waals surface area contributed by atoms with Gasteiger partial charge in [-0.25, -0.2) is 9.97 Å². The van der Waals surface area contributed by atoms with Crippen molar-refractivity contribution in [2.24, 2.45) is 0 Å². The second-order valence-electron chi connectivity index (χ2n) is 7.29. The fourth-order valence-corrected chi connectivity index (χ4v) is 3.66. The van der Waals surface area contributed by atoms with Crippen LogP contribution >= 0.6 is 0 Å². The molecule has 2 aliphatic rings. The summed E-state index contributed by atoms with van der Waals surface area (Å²) in [4.78, 5) is 15.8. The average molecular weight is 319 g/mol. The van der Waals surface area contributed by atoms with E-state index in [2.05, 4.69) is 38.8 Å². The van der Waals surface area contributed by atoms with E-state index in [9.17, 15) is 5.11 Å². The third-order valence-electron chi connectivity index (χ3n) is 5.03. The molecule has 0 amide bonds. The van der Waals surface area contributed by atoms with E-state index in [1.54, 1.807) is 0 Å². The summed E-state index contributed by atoms with van der Waals surface area (Å²) in [6, 6.07) is 0. The summed E-state index contributed by atoms with van der Waals surface area (Å²) >= 11 is 0. The zero-order chi connectivity index (χ0) is 16.3. The van der Waals surface area contributed by atoms with Crippen molar-refractivity contribution in [1.82, 2.24) is 19.8 Å². The Kier molecular flexibility index (Phi) is 5.14. The fourth-order valence-electron chi connectivity index (χ4n) is 3.66. The number of hydrogen-bond acceptors (Lipinski definition) is 6. The predicted molar refractivity (Wildman–Crippen MR) is 91.5 cm³/mol. The number of aliphatic hydroxyl groups is 1. The van der Waals surface area contributed by atoms with Crippen molar-refractivity contribution in [2.45, 2.75) is 37.8 Å². The Morgan fingerprint density at radius 2 is 1.74 bits per heavy atom. The van der Waals surface area contributed by atoms with Gasteiger partial charge >= 0.3 is 0 Å². The normalized spacial score (nSPS) is 22.0. The highest BCUT2D eigenvalue weighted by atomic mass is 16.3. The molecule has 128 valence electrons. The molecule has 23 heavy (non-hydrogen) atoms. The fraction of sp³-hybridized carbons (Fsp3) is 0.765. The average Bonchev–Trinajstić information content (AvgIpc) is 2.95. The van der Waals surface area contributed by atoms with E-state index in [-0.39, 0.29) is 0 Å². The maximum Gasteiger partial charge on any atom is 0.225 e. The Morgan fingerprint density at radius 1 is 1.13 bits per heavy atom. The lowest BCUT2D eigenvalue weighted by atomic mass is 10.0. The van der Waals surface area contributed by atoms with E-state index in [1.165, 1.54) is 0 Å². The summed E-state index contributed by atoms with van der Waals surface area (Å²) in [5, 5.41) is 10.5. The second kappa shape index (κ2) is 7.11. The van der Waals surface area contributed by atoms with Crippen LogP contribution in [0.5, 0.6) is 0 Å². The maximum atomic E-state index is 10.5. The molecule has 1 saturated heterocycles. The van der Waals surface area contributed by atoms with Gasteiger partial charge in [-0.2, -0.15) is 0 Å². The van der Waals surface area contributed by atoms with Gasteiger partial charge in [0.15, 0.2) is 0 Å². The molecule has 0 aromatic carbocycles. The van der Waals surface area contributed by atoms with Crippen LogP contribution in [0, 0.1) is 0 Å². The number of anilines is 1. The topological polar surface area (TPSA) is 55.7 Å². The van der Waals surface area contributed by atoms with Gasteiger partial charge in [0.2, 0.25) is 5.95 Å². The number of aromatic nitrogens is 2. The number of hydrogen-bond donors (Lipinski definition) is 1. The molecule has 3 rings (SSSR count). The van der Waals surface area contributed by atoms with E-state index < -0.39 is 5.60 Å². The first-order valence-corrected chi connectivity index (χ1v) is 8.69. The molecule has 2 fully saturated rings. The van der Waals surface area contributed by atoms with E-state index in [4.69, 9.17) is 0 Å². The van der Waals surface area contributed by atoms with Crippen molar-refractivity contribution in [3.8, 4) is 0 Å². The highest BCUT2D eigenvalue weighted by molar-refractivity contribution is 5.30. The van der Waals surface area contributed by atoms with Crippen LogP contribution in [0.3, 0.4) is 0 Å². The maximum absolute atomic E-state index is 10.5. The number of rotatable bonds is 5. The van der Waals surface area contributed by atoms with Crippen molar-refractivity contribution in [2.75, 3.05) is 51.7 Å². The zero-order valence-electron chi connectivity index (χ0n) is 14.4. The molecule has 1 aromatic rings. The first-order valence-electron chi connectivity index (χ1n) is 8.69. The van der Waals surface area contributed by atoms with Gasteiger partial charge in [-0.1, -0.05) is 12.8 Å². The van der Waals surface area contributed by atoms with Crippen LogP contribution in [0.15, 0.2) is 12.4 Å². The summed E-state index contributed by atoms with van der Waals surface area (Å²) in [5.74, 6) is 0.832. The van der Waals surface area contributed by atoms with Gasteiger partial charge in [-0.15, -0.1) is 0 Å². The molecule has 1 N–H and O–H groups in total. The molecule has 2 heterocycles. The summed E-state index contributed by atoms with van der Waals surface area (Å²) in [7, 11) is 4.21. The Bertz CT molecular complexity index is 492. The highest BCUT2D eigenvalue weighted by Gasteiger charge is 2.32. The van der Waals surface area contributed by atoms with Crippen LogP contribution in [-0.4, -0.2) is 77.3 Å². The van der Waals surface area contributed by atoms with E-state index in [0.717, 1.165) is 76.5 Å². The molecule has 0 spiro atoms. The minimum absolute atomic E-state index is 0.491. The zero-order valence-corrected chi connectivity index (χ0v) is 14.4. The number of nitrogens with zero attached hydrogens (tertiary/aromatic N) is 5. The monoisotopic (exact) mass is 319 g/mol. The Morgan fingerprint density at radius 3 is 2.35 bits per heavy atom. The van der Waals surface area contributed by atoms with Crippen LogP contribution < -0.4 is 4.90 Å². The smallest absolute Gasteiger partial charge is 0.225 e. The van der Waals surface area contributed by atoms with Gasteiger partial charge in [0, 0.05) is 57.2 Å².